The Morgan fingerprint density at radius 2 is 1.90 bits per heavy atom. The van der Waals surface area contributed by atoms with E-state index in [0.717, 1.165) is 5.56 Å². The van der Waals surface area contributed by atoms with Crippen LogP contribution in [0.25, 0.3) is 0 Å². The molecule has 0 aromatic heterocycles. The highest BCUT2D eigenvalue weighted by Gasteiger charge is 2.23. The molecule has 0 amide bonds. The van der Waals surface area contributed by atoms with Gasteiger partial charge in [-0.1, -0.05) is 36.4 Å². The van der Waals surface area contributed by atoms with Gasteiger partial charge in [0, 0.05) is 7.11 Å². The van der Waals surface area contributed by atoms with E-state index in [2.05, 4.69) is 5.32 Å². The molecule has 0 radical (unpaired) electrons. The molecule has 1 atom stereocenters. The zero-order valence-corrected chi connectivity index (χ0v) is 11.5. The van der Waals surface area contributed by atoms with Gasteiger partial charge in [-0.15, -0.1) is 0 Å². The van der Waals surface area contributed by atoms with Crippen LogP contribution >= 0.6 is 0 Å². The Bertz CT molecular complexity index is 630. The molecule has 2 aromatic carbocycles. The van der Waals surface area contributed by atoms with Gasteiger partial charge in [0.2, 0.25) is 0 Å². The molecule has 0 aliphatic rings. The van der Waals surface area contributed by atoms with Gasteiger partial charge in [0.25, 0.3) is 0 Å². The molecule has 0 fully saturated rings. The highest BCUT2D eigenvalue weighted by Crippen LogP contribution is 2.25. The van der Waals surface area contributed by atoms with E-state index in [-0.39, 0.29) is 5.69 Å². The molecule has 1 unspecified atom stereocenters. The first kappa shape index (κ1) is 15.0. The van der Waals surface area contributed by atoms with E-state index >= 15 is 0 Å². The van der Waals surface area contributed by atoms with E-state index in [4.69, 9.17) is 4.74 Å². The van der Waals surface area contributed by atoms with Crippen molar-refractivity contribution < 1.29 is 19.0 Å². The molecule has 2 N–H and O–H groups in total. The van der Waals surface area contributed by atoms with Crippen molar-refractivity contribution in [1.82, 2.24) is 0 Å². The van der Waals surface area contributed by atoms with Crippen LogP contribution in [0.3, 0.4) is 0 Å². The van der Waals surface area contributed by atoms with Gasteiger partial charge >= 0.3 is 5.97 Å². The predicted molar refractivity (Wildman–Crippen MR) is 77.6 cm³/mol. The first-order valence-corrected chi connectivity index (χ1v) is 6.44. The molecule has 0 aliphatic carbocycles. The minimum absolute atomic E-state index is 0.150. The lowest BCUT2D eigenvalue weighted by atomic mass is 10.0. The molecule has 0 saturated carbocycles. The zero-order chi connectivity index (χ0) is 15.2. The van der Waals surface area contributed by atoms with Gasteiger partial charge in [0.1, 0.15) is 5.82 Å². The lowest BCUT2D eigenvalue weighted by Gasteiger charge is -2.19. The smallest absolute Gasteiger partial charge is 0.330 e. The summed E-state index contributed by atoms with van der Waals surface area (Å²) in [4.78, 5) is 11.5. The average Bonchev–Trinajstić information content (AvgIpc) is 2.47. The maximum Gasteiger partial charge on any atom is 0.330 e. The number of benzene rings is 2. The Balaban J connectivity index is 2.36. The van der Waals surface area contributed by atoms with Crippen LogP contribution in [-0.2, 0) is 16.1 Å². The number of para-hydroxylation sites is 1. The number of methoxy groups -OCH3 is 1. The normalized spacial score (nSPS) is 11.9. The third-order valence-electron chi connectivity index (χ3n) is 3.09. The third kappa shape index (κ3) is 3.58. The highest BCUT2D eigenvalue weighted by atomic mass is 19.1. The second-order valence-corrected chi connectivity index (χ2v) is 4.53. The van der Waals surface area contributed by atoms with Crippen LogP contribution < -0.4 is 5.32 Å². The van der Waals surface area contributed by atoms with Gasteiger partial charge in [-0.05, 0) is 23.3 Å². The molecule has 0 aliphatic heterocycles. The molecule has 0 heterocycles. The number of halogens is 1. The molecule has 0 spiro atoms. The monoisotopic (exact) mass is 289 g/mol. The van der Waals surface area contributed by atoms with Crippen molar-refractivity contribution in [3.8, 4) is 0 Å². The van der Waals surface area contributed by atoms with Crippen molar-refractivity contribution in [3.05, 3.63) is 65.5 Å². The van der Waals surface area contributed by atoms with E-state index in [9.17, 15) is 14.3 Å². The molecular weight excluding hydrogens is 273 g/mol. The van der Waals surface area contributed by atoms with E-state index in [1.54, 1.807) is 36.4 Å². The number of carboxylic acids is 1. The molecule has 4 nitrogen and oxygen atoms in total. The number of carbonyl (C=O) groups is 1. The number of hydrogen-bond donors (Lipinski definition) is 2. The second-order valence-electron chi connectivity index (χ2n) is 4.53. The Morgan fingerprint density at radius 3 is 2.57 bits per heavy atom. The van der Waals surface area contributed by atoms with Gasteiger partial charge in [-0.3, -0.25) is 0 Å². The van der Waals surface area contributed by atoms with Crippen LogP contribution in [0.4, 0.5) is 10.1 Å². The zero-order valence-electron chi connectivity index (χ0n) is 11.5. The number of aliphatic carboxylic acids is 1. The third-order valence-corrected chi connectivity index (χ3v) is 3.09. The number of carboxylic acid groups (broad SMARTS) is 1. The van der Waals surface area contributed by atoms with Gasteiger partial charge < -0.3 is 15.2 Å². The summed E-state index contributed by atoms with van der Waals surface area (Å²) in [6, 6.07) is 12.0. The van der Waals surface area contributed by atoms with Crippen LogP contribution in [0.1, 0.15) is 17.2 Å². The van der Waals surface area contributed by atoms with E-state index < -0.39 is 17.8 Å². The van der Waals surface area contributed by atoms with Crippen molar-refractivity contribution in [2.45, 2.75) is 12.6 Å². The largest absolute Gasteiger partial charge is 0.479 e. The Kier molecular flexibility index (Phi) is 4.90. The van der Waals surface area contributed by atoms with Crippen molar-refractivity contribution in [3.63, 3.8) is 0 Å². The fraction of sp³-hybridized carbons (Fsp3) is 0.188. The maximum absolute atomic E-state index is 13.7. The fourth-order valence-corrected chi connectivity index (χ4v) is 2.11. The van der Waals surface area contributed by atoms with Gasteiger partial charge in [0.15, 0.2) is 6.04 Å². The first-order valence-electron chi connectivity index (χ1n) is 6.44. The SMILES string of the molecule is COCc1ccccc1C(Nc1ccccc1F)C(=O)O. The summed E-state index contributed by atoms with van der Waals surface area (Å²) in [6.45, 7) is 0.291. The standard InChI is InChI=1S/C16H16FNO3/c1-21-10-11-6-2-3-7-12(11)15(16(19)20)18-14-9-5-4-8-13(14)17/h2-9,15,18H,10H2,1H3,(H,19,20). The summed E-state index contributed by atoms with van der Waals surface area (Å²) in [5, 5.41) is 12.2. The maximum atomic E-state index is 13.7. The lowest BCUT2D eigenvalue weighted by molar-refractivity contribution is -0.138. The number of ether oxygens (including phenoxy) is 1. The molecule has 0 bridgehead atoms. The molecular formula is C16H16FNO3. The van der Waals surface area contributed by atoms with Crippen LogP contribution in [0.5, 0.6) is 0 Å². The summed E-state index contributed by atoms with van der Waals surface area (Å²) >= 11 is 0. The fourth-order valence-electron chi connectivity index (χ4n) is 2.11. The number of anilines is 1. The first-order chi connectivity index (χ1) is 10.1. The molecule has 2 rings (SSSR count). The van der Waals surface area contributed by atoms with Gasteiger partial charge in [0.05, 0.1) is 12.3 Å². The topological polar surface area (TPSA) is 58.6 Å². The van der Waals surface area contributed by atoms with E-state index in [1.165, 1.54) is 19.2 Å². The Labute approximate surface area is 122 Å². The van der Waals surface area contributed by atoms with E-state index in [0.29, 0.717) is 12.2 Å². The average molecular weight is 289 g/mol. The Hall–Kier alpha value is -2.40. The van der Waals surface area contributed by atoms with Crippen molar-refractivity contribution in [2.24, 2.45) is 0 Å². The second kappa shape index (κ2) is 6.85. The lowest BCUT2D eigenvalue weighted by Crippen LogP contribution is -2.22. The minimum atomic E-state index is -1.08. The van der Waals surface area contributed by atoms with Crippen molar-refractivity contribution in [1.29, 1.82) is 0 Å². The number of nitrogens with one attached hydrogen (secondary N) is 1. The van der Waals surface area contributed by atoms with Crippen molar-refractivity contribution >= 4 is 11.7 Å². The molecule has 0 saturated heterocycles. The number of hydrogen-bond acceptors (Lipinski definition) is 3. The van der Waals surface area contributed by atoms with Crippen molar-refractivity contribution in [2.75, 3.05) is 12.4 Å². The van der Waals surface area contributed by atoms with Gasteiger partial charge in [-0.2, -0.15) is 0 Å². The summed E-state index contributed by atoms with van der Waals surface area (Å²) in [5.41, 5.74) is 1.45. The van der Waals surface area contributed by atoms with Gasteiger partial charge in [-0.25, -0.2) is 9.18 Å². The molecule has 5 heteroatoms. The van der Waals surface area contributed by atoms with E-state index in [1.807, 2.05) is 0 Å². The summed E-state index contributed by atoms with van der Waals surface area (Å²) in [5.74, 6) is -1.57. The highest BCUT2D eigenvalue weighted by molar-refractivity contribution is 5.79. The molecule has 21 heavy (non-hydrogen) atoms. The number of rotatable bonds is 6. The summed E-state index contributed by atoms with van der Waals surface area (Å²) < 4.78 is 18.8. The Morgan fingerprint density at radius 1 is 1.24 bits per heavy atom. The van der Waals surface area contributed by atoms with Crippen LogP contribution in [-0.4, -0.2) is 18.2 Å². The van der Waals surface area contributed by atoms with Crippen LogP contribution in [0, 0.1) is 5.82 Å². The predicted octanol–water partition coefficient (Wildman–Crippen LogP) is 3.21. The summed E-state index contributed by atoms with van der Waals surface area (Å²) in [6.07, 6.45) is 0. The quantitative estimate of drug-likeness (QED) is 0.857. The van der Waals surface area contributed by atoms with Crippen LogP contribution in [0.2, 0.25) is 0 Å². The van der Waals surface area contributed by atoms with Crippen LogP contribution in [0.15, 0.2) is 48.5 Å². The molecule has 2 aromatic rings. The minimum Gasteiger partial charge on any atom is -0.479 e. The molecule has 110 valence electrons. The summed E-state index contributed by atoms with van der Waals surface area (Å²) in [7, 11) is 1.54.